The van der Waals surface area contributed by atoms with Gasteiger partial charge in [-0.25, -0.2) is 4.79 Å². The van der Waals surface area contributed by atoms with Gasteiger partial charge in [-0.2, -0.15) is 0 Å². The molecule has 3 rings (SSSR count). The zero-order chi connectivity index (χ0) is 19.9. The van der Waals surface area contributed by atoms with Gasteiger partial charge in [-0.15, -0.1) is 0 Å². The maximum absolute atomic E-state index is 12.7. The molecular weight excluding hydrogens is 356 g/mol. The van der Waals surface area contributed by atoms with Crippen molar-refractivity contribution in [2.24, 2.45) is 0 Å². The van der Waals surface area contributed by atoms with Crippen molar-refractivity contribution < 1.29 is 14.3 Å². The molecule has 1 heterocycles. The second kappa shape index (κ2) is 8.81. The molecule has 0 unspecified atom stereocenters. The van der Waals surface area contributed by atoms with Gasteiger partial charge in [-0.1, -0.05) is 42.5 Å². The summed E-state index contributed by atoms with van der Waals surface area (Å²) in [5.41, 5.74) is 1.69. The first-order valence-electron chi connectivity index (χ1n) is 8.90. The molecule has 0 bridgehead atoms. The monoisotopic (exact) mass is 376 g/mol. The smallest absolute Gasteiger partial charge is 0.340 e. The molecule has 1 amide bonds. The predicted molar refractivity (Wildman–Crippen MR) is 107 cm³/mol. The average molecular weight is 376 g/mol. The Labute approximate surface area is 162 Å². The Balaban J connectivity index is 1.83. The Hall–Kier alpha value is -3.67. The summed E-state index contributed by atoms with van der Waals surface area (Å²) in [6.07, 6.45) is 1.51. The first kappa shape index (κ1) is 19.1. The molecule has 0 spiro atoms. The van der Waals surface area contributed by atoms with Gasteiger partial charge in [0.1, 0.15) is 0 Å². The molecule has 0 aliphatic carbocycles. The number of hydrogen-bond acceptors (Lipinski definition) is 4. The van der Waals surface area contributed by atoms with E-state index in [1.807, 2.05) is 30.3 Å². The average Bonchev–Trinajstić information content (AvgIpc) is 2.71. The third kappa shape index (κ3) is 4.54. The van der Waals surface area contributed by atoms with Crippen molar-refractivity contribution in [2.75, 3.05) is 11.9 Å². The molecule has 6 nitrogen and oxygen atoms in total. The zero-order valence-electron chi connectivity index (χ0n) is 15.4. The lowest BCUT2D eigenvalue weighted by molar-refractivity contribution is 0.0527. The summed E-state index contributed by atoms with van der Waals surface area (Å²) in [5.74, 6) is -0.925. The maximum Gasteiger partial charge on any atom is 0.340 e. The summed E-state index contributed by atoms with van der Waals surface area (Å²) >= 11 is 0. The number of esters is 1. The Kier molecular flexibility index (Phi) is 6.01. The molecule has 1 N–H and O–H groups in total. The number of ether oxygens (including phenoxy) is 1. The van der Waals surface area contributed by atoms with E-state index in [2.05, 4.69) is 5.32 Å². The largest absolute Gasteiger partial charge is 0.462 e. The number of hydrogen-bond donors (Lipinski definition) is 1. The highest BCUT2D eigenvalue weighted by atomic mass is 16.5. The molecule has 0 saturated heterocycles. The third-order valence-corrected chi connectivity index (χ3v) is 4.11. The fourth-order valence-electron chi connectivity index (χ4n) is 2.74. The van der Waals surface area contributed by atoms with Gasteiger partial charge >= 0.3 is 5.97 Å². The number of pyridine rings is 1. The highest BCUT2D eigenvalue weighted by Gasteiger charge is 2.15. The van der Waals surface area contributed by atoms with Crippen LogP contribution in [0.25, 0.3) is 0 Å². The second-order valence-electron chi connectivity index (χ2n) is 6.09. The molecule has 28 heavy (non-hydrogen) atoms. The van der Waals surface area contributed by atoms with Crippen LogP contribution in [0.5, 0.6) is 0 Å². The summed E-state index contributed by atoms with van der Waals surface area (Å²) in [7, 11) is 0. The summed E-state index contributed by atoms with van der Waals surface area (Å²) in [6, 6.07) is 19.0. The summed E-state index contributed by atoms with van der Waals surface area (Å²) in [6.45, 7) is 2.32. The van der Waals surface area contributed by atoms with E-state index in [4.69, 9.17) is 4.74 Å². The fourth-order valence-corrected chi connectivity index (χ4v) is 2.74. The molecule has 0 saturated carbocycles. The van der Waals surface area contributed by atoms with E-state index in [-0.39, 0.29) is 17.7 Å². The zero-order valence-corrected chi connectivity index (χ0v) is 15.4. The minimum Gasteiger partial charge on any atom is -0.462 e. The first-order valence-corrected chi connectivity index (χ1v) is 8.90. The standard InChI is InChI=1S/C22H20N2O4/c1-2-28-22(27)18-10-6-7-11-19(18)23-21(26)17-12-13-20(25)24(15-17)14-16-8-4-3-5-9-16/h3-13,15H,2,14H2,1H3,(H,23,26). The molecule has 0 aliphatic rings. The van der Waals surface area contributed by atoms with Crippen molar-refractivity contribution >= 4 is 17.6 Å². The number of amides is 1. The number of carbonyl (C=O) groups excluding carboxylic acids is 2. The van der Waals surface area contributed by atoms with Crippen LogP contribution in [0.3, 0.4) is 0 Å². The van der Waals surface area contributed by atoms with Gasteiger partial charge in [0.2, 0.25) is 0 Å². The number of rotatable bonds is 6. The number of carbonyl (C=O) groups is 2. The van der Waals surface area contributed by atoms with E-state index >= 15 is 0 Å². The SMILES string of the molecule is CCOC(=O)c1ccccc1NC(=O)c1ccc(=O)n(Cc2ccccc2)c1. The van der Waals surface area contributed by atoms with Crippen LogP contribution in [0.2, 0.25) is 0 Å². The van der Waals surface area contributed by atoms with E-state index in [0.29, 0.717) is 17.8 Å². The summed E-state index contributed by atoms with van der Waals surface area (Å²) in [5, 5.41) is 2.72. The van der Waals surface area contributed by atoms with Crippen LogP contribution in [0.4, 0.5) is 5.69 Å². The topological polar surface area (TPSA) is 77.4 Å². The van der Waals surface area contributed by atoms with Crippen molar-refractivity contribution in [2.45, 2.75) is 13.5 Å². The normalized spacial score (nSPS) is 10.3. The molecule has 0 radical (unpaired) electrons. The molecule has 142 valence electrons. The van der Waals surface area contributed by atoms with Crippen LogP contribution >= 0.6 is 0 Å². The lowest BCUT2D eigenvalue weighted by Gasteiger charge is -2.12. The van der Waals surface area contributed by atoms with Gasteiger partial charge in [-0.05, 0) is 30.7 Å². The van der Waals surface area contributed by atoms with E-state index in [9.17, 15) is 14.4 Å². The third-order valence-electron chi connectivity index (χ3n) is 4.11. The van der Waals surface area contributed by atoms with Gasteiger partial charge in [0.05, 0.1) is 30.0 Å². The Morgan fingerprint density at radius 3 is 2.43 bits per heavy atom. The van der Waals surface area contributed by atoms with Crippen LogP contribution in [0, 0.1) is 0 Å². The Morgan fingerprint density at radius 2 is 1.68 bits per heavy atom. The van der Waals surface area contributed by atoms with Crippen LogP contribution < -0.4 is 10.9 Å². The van der Waals surface area contributed by atoms with Gasteiger partial charge in [-0.3, -0.25) is 9.59 Å². The summed E-state index contributed by atoms with van der Waals surface area (Å²) < 4.78 is 6.50. The van der Waals surface area contributed by atoms with Crippen molar-refractivity contribution in [3.05, 3.63) is 100.0 Å². The van der Waals surface area contributed by atoms with Crippen molar-refractivity contribution in [1.29, 1.82) is 0 Å². The first-order chi connectivity index (χ1) is 13.6. The van der Waals surface area contributed by atoms with E-state index in [0.717, 1.165) is 5.56 Å². The maximum atomic E-state index is 12.7. The molecule has 3 aromatic rings. The molecular formula is C22H20N2O4. The number of benzene rings is 2. The fraction of sp³-hybridized carbons (Fsp3) is 0.136. The second-order valence-corrected chi connectivity index (χ2v) is 6.09. The van der Waals surface area contributed by atoms with Crippen LogP contribution in [-0.2, 0) is 11.3 Å². The highest BCUT2D eigenvalue weighted by Crippen LogP contribution is 2.17. The van der Waals surface area contributed by atoms with Crippen molar-refractivity contribution in [1.82, 2.24) is 4.57 Å². The number of anilines is 1. The van der Waals surface area contributed by atoms with Gasteiger partial charge in [0, 0.05) is 12.3 Å². The number of nitrogens with one attached hydrogen (secondary N) is 1. The molecule has 2 aromatic carbocycles. The molecule has 0 fully saturated rings. The minimum absolute atomic E-state index is 0.202. The highest BCUT2D eigenvalue weighted by molar-refractivity contribution is 6.07. The molecule has 6 heteroatoms. The summed E-state index contributed by atoms with van der Waals surface area (Å²) in [4.78, 5) is 36.9. The van der Waals surface area contributed by atoms with Gasteiger partial charge < -0.3 is 14.6 Å². The van der Waals surface area contributed by atoms with Gasteiger partial charge in [0.25, 0.3) is 11.5 Å². The van der Waals surface area contributed by atoms with Crippen LogP contribution in [0.15, 0.2) is 77.7 Å². The number of aromatic nitrogens is 1. The molecule has 1 aromatic heterocycles. The minimum atomic E-state index is -0.507. The van der Waals surface area contributed by atoms with Crippen LogP contribution in [-0.4, -0.2) is 23.1 Å². The Bertz CT molecular complexity index is 1040. The molecule has 0 aliphatic heterocycles. The quantitative estimate of drug-likeness (QED) is 0.670. The van der Waals surface area contributed by atoms with Gasteiger partial charge in [0.15, 0.2) is 0 Å². The van der Waals surface area contributed by atoms with E-state index in [1.54, 1.807) is 31.2 Å². The van der Waals surface area contributed by atoms with E-state index < -0.39 is 11.9 Å². The Morgan fingerprint density at radius 1 is 0.964 bits per heavy atom. The predicted octanol–water partition coefficient (Wildman–Crippen LogP) is 3.33. The molecule has 0 atom stereocenters. The van der Waals surface area contributed by atoms with Crippen molar-refractivity contribution in [3.63, 3.8) is 0 Å². The lowest BCUT2D eigenvalue weighted by Crippen LogP contribution is -2.23. The number of nitrogens with zero attached hydrogens (tertiary/aromatic N) is 1. The van der Waals surface area contributed by atoms with Crippen LogP contribution in [0.1, 0.15) is 33.2 Å². The number of para-hydroxylation sites is 1. The van der Waals surface area contributed by atoms with Crippen molar-refractivity contribution in [3.8, 4) is 0 Å². The van der Waals surface area contributed by atoms with E-state index in [1.165, 1.54) is 22.9 Å². The lowest BCUT2D eigenvalue weighted by atomic mass is 10.1.